The zero-order valence-electron chi connectivity index (χ0n) is 18.1. The van der Waals surface area contributed by atoms with Gasteiger partial charge >= 0.3 is 0 Å². The molecule has 7 aromatic rings. The molecular formula is C31H20S2. The summed E-state index contributed by atoms with van der Waals surface area (Å²) in [6.45, 7) is 2.21. The molecule has 0 aliphatic rings. The molecule has 0 spiro atoms. The van der Waals surface area contributed by atoms with Gasteiger partial charge in [0.05, 0.1) is 0 Å². The van der Waals surface area contributed by atoms with E-state index in [0.29, 0.717) is 0 Å². The summed E-state index contributed by atoms with van der Waals surface area (Å²) in [6, 6.07) is 38.0. The summed E-state index contributed by atoms with van der Waals surface area (Å²) in [7, 11) is 0. The average molecular weight is 457 g/mol. The Morgan fingerprint density at radius 1 is 0.455 bits per heavy atom. The molecule has 0 fully saturated rings. The van der Waals surface area contributed by atoms with Gasteiger partial charge in [-0.1, -0.05) is 84.9 Å². The van der Waals surface area contributed by atoms with E-state index in [1.807, 2.05) is 22.7 Å². The third-order valence-electron chi connectivity index (χ3n) is 6.51. The van der Waals surface area contributed by atoms with Gasteiger partial charge in [-0.05, 0) is 52.9 Å². The summed E-state index contributed by atoms with van der Waals surface area (Å²) in [4.78, 5) is 0. The van der Waals surface area contributed by atoms with Crippen LogP contribution in [0.1, 0.15) is 5.56 Å². The smallest absolute Gasteiger partial charge is 0.0433 e. The Bertz CT molecular complexity index is 1700. The molecule has 0 aliphatic heterocycles. The topological polar surface area (TPSA) is 0 Å². The van der Waals surface area contributed by atoms with Crippen LogP contribution in [-0.4, -0.2) is 0 Å². The Hall–Kier alpha value is -3.46. The molecule has 2 heteroatoms. The lowest BCUT2D eigenvalue weighted by molar-refractivity contribution is 1.47. The zero-order chi connectivity index (χ0) is 21.9. The highest BCUT2D eigenvalue weighted by Gasteiger charge is 2.14. The van der Waals surface area contributed by atoms with Crippen LogP contribution in [0.15, 0.2) is 103 Å². The molecule has 5 aromatic carbocycles. The SMILES string of the molecule is Cc1cc(-c2cccc3c2sc2ccccc23)cc(-c2cccc3c2sc2ccccc23)c1. The van der Waals surface area contributed by atoms with Crippen LogP contribution < -0.4 is 0 Å². The van der Waals surface area contributed by atoms with Crippen LogP contribution in [0.2, 0.25) is 0 Å². The van der Waals surface area contributed by atoms with E-state index in [-0.39, 0.29) is 0 Å². The van der Waals surface area contributed by atoms with Crippen molar-refractivity contribution >= 4 is 63.0 Å². The Labute approximate surface area is 200 Å². The average Bonchev–Trinajstić information content (AvgIpc) is 3.42. The van der Waals surface area contributed by atoms with E-state index < -0.39 is 0 Å². The molecular weight excluding hydrogens is 436 g/mol. The molecule has 2 aromatic heterocycles. The summed E-state index contributed by atoms with van der Waals surface area (Å²) in [5.74, 6) is 0. The summed E-state index contributed by atoms with van der Waals surface area (Å²) < 4.78 is 5.44. The van der Waals surface area contributed by atoms with Gasteiger partial charge in [-0.15, -0.1) is 22.7 Å². The fourth-order valence-corrected chi connectivity index (χ4v) is 7.52. The van der Waals surface area contributed by atoms with Gasteiger partial charge in [0.1, 0.15) is 0 Å². The molecule has 0 amide bonds. The highest BCUT2D eigenvalue weighted by Crippen LogP contribution is 2.43. The van der Waals surface area contributed by atoms with Crippen LogP contribution >= 0.6 is 22.7 Å². The molecule has 0 unspecified atom stereocenters. The van der Waals surface area contributed by atoms with E-state index in [9.17, 15) is 0 Å². The maximum Gasteiger partial charge on any atom is 0.0433 e. The highest BCUT2D eigenvalue weighted by atomic mass is 32.1. The lowest BCUT2D eigenvalue weighted by Gasteiger charge is -2.10. The molecule has 0 atom stereocenters. The van der Waals surface area contributed by atoms with Crippen molar-refractivity contribution in [2.24, 2.45) is 0 Å². The molecule has 156 valence electrons. The Kier molecular flexibility index (Phi) is 4.20. The number of thiophene rings is 2. The fraction of sp³-hybridized carbons (Fsp3) is 0.0323. The van der Waals surface area contributed by atoms with Crippen molar-refractivity contribution in [3.63, 3.8) is 0 Å². The summed E-state index contributed by atoms with van der Waals surface area (Å²) in [5, 5.41) is 5.40. The summed E-state index contributed by atoms with van der Waals surface area (Å²) >= 11 is 3.80. The molecule has 0 N–H and O–H groups in total. The van der Waals surface area contributed by atoms with Crippen LogP contribution in [0.25, 0.3) is 62.6 Å². The first-order valence-electron chi connectivity index (χ1n) is 11.2. The van der Waals surface area contributed by atoms with Crippen LogP contribution in [0, 0.1) is 6.92 Å². The molecule has 0 aliphatic carbocycles. The van der Waals surface area contributed by atoms with Crippen molar-refractivity contribution in [1.82, 2.24) is 0 Å². The molecule has 7 rings (SSSR count). The first-order chi connectivity index (χ1) is 16.3. The Morgan fingerprint density at radius 3 is 1.42 bits per heavy atom. The minimum Gasteiger partial charge on any atom is -0.135 e. The third kappa shape index (κ3) is 2.95. The standard InChI is InChI=1S/C31H20S2/c1-19-16-20(22-10-6-12-26-24-8-2-4-14-28(24)32-30(22)26)18-21(17-19)23-11-7-13-27-25-9-3-5-15-29(25)33-31(23)27/h2-18H,1H3. The van der Waals surface area contributed by atoms with Crippen molar-refractivity contribution in [2.75, 3.05) is 0 Å². The molecule has 0 radical (unpaired) electrons. The molecule has 33 heavy (non-hydrogen) atoms. The van der Waals surface area contributed by atoms with Crippen molar-refractivity contribution in [2.45, 2.75) is 6.92 Å². The second-order valence-corrected chi connectivity index (χ2v) is 10.8. The second-order valence-electron chi connectivity index (χ2n) is 8.65. The highest BCUT2D eigenvalue weighted by molar-refractivity contribution is 7.26. The molecule has 0 nitrogen and oxygen atoms in total. The van der Waals surface area contributed by atoms with Gasteiger partial charge in [-0.2, -0.15) is 0 Å². The monoisotopic (exact) mass is 456 g/mol. The van der Waals surface area contributed by atoms with Gasteiger partial charge in [0.15, 0.2) is 0 Å². The van der Waals surface area contributed by atoms with E-state index in [2.05, 4.69) is 110 Å². The van der Waals surface area contributed by atoms with E-state index >= 15 is 0 Å². The molecule has 0 saturated heterocycles. The van der Waals surface area contributed by atoms with Crippen molar-refractivity contribution in [1.29, 1.82) is 0 Å². The molecule has 0 saturated carbocycles. The number of benzene rings is 5. The minimum absolute atomic E-state index is 1.29. The van der Waals surface area contributed by atoms with Crippen LogP contribution in [0.5, 0.6) is 0 Å². The van der Waals surface area contributed by atoms with E-state index in [4.69, 9.17) is 0 Å². The predicted octanol–water partition coefficient (Wildman–Crippen LogP) is 10.1. The molecule has 0 bridgehead atoms. The van der Waals surface area contributed by atoms with E-state index in [1.165, 1.54) is 68.2 Å². The Morgan fingerprint density at radius 2 is 0.909 bits per heavy atom. The normalized spacial score (nSPS) is 11.8. The number of fused-ring (bicyclic) bond motifs is 6. The zero-order valence-corrected chi connectivity index (χ0v) is 19.8. The summed E-state index contributed by atoms with van der Waals surface area (Å²) in [5.41, 5.74) is 6.52. The summed E-state index contributed by atoms with van der Waals surface area (Å²) in [6.07, 6.45) is 0. The van der Waals surface area contributed by atoms with Crippen molar-refractivity contribution < 1.29 is 0 Å². The van der Waals surface area contributed by atoms with Gasteiger partial charge in [0, 0.05) is 40.3 Å². The lowest BCUT2D eigenvalue weighted by atomic mass is 9.95. The first kappa shape index (κ1) is 19.0. The number of hydrogen-bond acceptors (Lipinski definition) is 2. The number of aryl methyl sites for hydroxylation is 1. The third-order valence-corrected chi connectivity index (χ3v) is 8.95. The van der Waals surface area contributed by atoms with Crippen molar-refractivity contribution in [3.8, 4) is 22.3 Å². The second kappa shape index (κ2) is 7.28. The van der Waals surface area contributed by atoms with Gasteiger partial charge in [0.25, 0.3) is 0 Å². The van der Waals surface area contributed by atoms with E-state index in [0.717, 1.165) is 0 Å². The largest absolute Gasteiger partial charge is 0.135 e. The maximum absolute atomic E-state index is 2.38. The fourth-order valence-electron chi connectivity index (χ4n) is 5.04. The quantitative estimate of drug-likeness (QED) is 0.243. The first-order valence-corrected chi connectivity index (χ1v) is 12.8. The minimum atomic E-state index is 1.29. The number of rotatable bonds is 2. The van der Waals surface area contributed by atoms with E-state index in [1.54, 1.807) is 0 Å². The van der Waals surface area contributed by atoms with Gasteiger partial charge in [-0.3, -0.25) is 0 Å². The molecule has 2 heterocycles. The van der Waals surface area contributed by atoms with Gasteiger partial charge in [0.2, 0.25) is 0 Å². The predicted molar refractivity (Wildman–Crippen MR) is 148 cm³/mol. The maximum atomic E-state index is 2.38. The van der Waals surface area contributed by atoms with Crippen LogP contribution in [-0.2, 0) is 0 Å². The van der Waals surface area contributed by atoms with Gasteiger partial charge in [-0.25, -0.2) is 0 Å². The van der Waals surface area contributed by atoms with Gasteiger partial charge < -0.3 is 0 Å². The number of hydrogen-bond donors (Lipinski definition) is 0. The van der Waals surface area contributed by atoms with Crippen molar-refractivity contribution in [3.05, 3.63) is 109 Å². The lowest BCUT2D eigenvalue weighted by Crippen LogP contribution is -1.85. The Balaban J connectivity index is 1.48. The van der Waals surface area contributed by atoms with Crippen LogP contribution in [0.3, 0.4) is 0 Å². The van der Waals surface area contributed by atoms with Crippen LogP contribution in [0.4, 0.5) is 0 Å².